The minimum Gasteiger partial charge on any atom is -0.495 e. The van der Waals surface area contributed by atoms with Gasteiger partial charge >= 0.3 is 0 Å². The number of ether oxygens (including phenoxy) is 1. The average molecular weight is 359 g/mol. The van der Waals surface area contributed by atoms with E-state index in [-0.39, 0.29) is 11.9 Å². The molecule has 0 radical (unpaired) electrons. The summed E-state index contributed by atoms with van der Waals surface area (Å²) >= 11 is 0. The molecule has 5 heteroatoms. The summed E-state index contributed by atoms with van der Waals surface area (Å²) in [6.45, 7) is 2.06. The van der Waals surface area contributed by atoms with Crippen LogP contribution in [0.25, 0.3) is 0 Å². The first-order chi connectivity index (χ1) is 13.2. The van der Waals surface area contributed by atoms with E-state index in [2.05, 4.69) is 23.3 Å². The number of carbonyl (C=O) groups is 1. The van der Waals surface area contributed by atoms with Crippen molar-refractivity contribution in [3.63, 3.8) is 0 Å². The molecule has 4 rings (SSSR count). The van der Waals surface area contributed by atoms with Gasteiger partial charge in [-0.2, -0.15) is 0 Å². The van der Waals surface area contributed by atoms with Gasteiger partial charge in [0, 0.05) is 23.6 Å². The number of benzene rings is 2. The molecule has 0 aliphatic carbocycles. The van der Waals surface area contributed by atoms with Gasteiger partial charge in [-0.25, -0.2) is 0 Å². The van der Waals surface area contributed by atoms with E-state index in [4.69, 9.17) is 4.74 Å². The van der Waals surface area contributed by atoms with Crippen molar-refractivity contribution < 1.29 is 9.53 Å². The highest BCUT2D eigenvalue weighted by Gasteiger charge is 2.31. The lowest BCUT2D eigenvalue weighted by Crippen LogP contribution is -2.36. The van der Waals surface area contributed by atoms with Crippen molar-refractivity contribution in [2.24, 2.45) is 0 Å². The van der Waals surface area contributed by atoms with E-state index in [9.17, 15) is 4.79 Å². The summed E-state index contributed by atoms with van der Waals surface area (Å²) < 4.78 is 5.38. The molecule has 0 bridgehead atoms. The number of carbonyl (C=O) groups excluding carboxylic acids is 1. The summed E-state index contributed by atoms with van der Waals surface area (Å²) in [7, 11) is 1.63. The van der Waals surface area contributed by atoms with Crippen LogP contribution < -0.4 is 15.0 Å². The SMILES string of the molecule is COc1ccccc1Nc1ccnc(C(=O)N2c3ccccc3CC2C)c1. The average Bonchev–Trinajstić information content (AvgIpc) is 3.03. The van der Waals surface area contributed by atoms with E-state index in [1.165, 1.54) is 5.56 Å². The predicted molar refractivity (Wildman–Crippen MR) is 107 cm³/mol. The monoisotopic (exact) mass is 359 g/mol. The van der Waals surface area contributed by atoms with Crippen molar-refractivity contribution in [3.8, 4) is 5.75 Å². The molecule has 1 aromatic heterocycles. The second-order valence-corrected chi connectivity index (χ2v) is 6.61. The van der Waals surface area contributed by atoms with Crippen LogP contribution in [0.5, 0.6) is 5.75 Å². The van der Waals surface area contributed by atoms with Gasteiger partial charge in [0.25, 0.3) is 5.91 Å². The highest BCUT2D eigenvalue weighted by Crippen LogP contribution is 2.33. The van der Waals surface area contributed by atoms with Crippen molar-refractivity contribution in [2.75, 3.05) is 17.3 Å². The Morgan fingerprint density at radius 1 is 1.15 bits per heavy atom. The molecule has 1 aliphatic heterocycles. The number of fused-ring (bicyclic) bond motifs is 1. The molecule has 3 aromatic rings. The summed E-state index contributed by atoms with van der Waals surface area (Å²) in [6, 6.07) is 19.4. The summed E-state index contributed by atoms with van der Waals surface area (Å²) in [5.41, 5.74) is 4.21. The van der Waals surface area contributed by atoms with Crippen LogP contribution in [0.1, 0.15) is 23.0 Å². The van der Waals surface area contributed by atoms with E-state index >= 15 is 0 Å². The van der Waals surface area contributed by atoms with Crippen LogP contribution in [-0.4, -0.2) is 24.0 Å². The number of hydrogen-bond donors (Lipinski definition) is 1. The largest absolute Gasteiger partial charge is 0.495 e. The van der Waals surface area contributed by atoms with E-state index < -0.39 is 0 Å². The number of amides is 1. The summed E-state index contributed by atoms with van der Waals surface area (Å²) in [5.74, 6) is 0.653. The number of rotatable bonds is 4. The highest BCUT2D eigenvalue weighted by atomic mass is 16.5. The van der Waals surface area contributed by atoms with Gasteiger partial charge in [-0.15, -0.1) is 0 Å². The molecular formula is C22H21N3O2. The van der Waals surface area contributed by atoms with Crippen LogP contribution in [-0.2, 0) is 6.42 Å². The maximum atomic E-state index is 13.2. The van der Waals surface area contributed by atoms with Gasteiger partial charge in [0.15, 0.2) is 0 Å². The number of methoxy groups -OCH3 is 1. The molecule has 0 saturated heterocycles. The lowest BCUT2D eigenvalue weighted by molar-refractivity contribution is 0.0976. The predicted octanol–water partition coefficient (Wildman–Crippen LogP) is 4.43. The van der Waals surface area contributed by atoms with Crippen LogP contribution in [0.2, 0.25) is 0 Å². The number of para-hydroxylation sites is 3. The minimum atomic E-state index is -0.0869. The molecule has 2 aromatic carbocycles. The number of aromatic nitrogens is 1. The lowest BCUT2D eigenvalue weighted by Gasteiger charge is -2.22. The fraction of sp³-hybridized carbons (Fsp3) is 0.182. The zero-order chi connectivity index (χ0) is 18.8. The van der Waals surface area contributed by atoms with E-state index in [1.54, 1.807) is 19.4 Å². The van der Waals surface area contributed by atoms with Crippen LogP contribution in [0.3, 0.4) is 0 Å². The third-order valence-electron chi connectivity index (χ3n) is 4.79. The Morgan fingerprint density at radius 3 is 2.78 bits per heavy atom. The summed E-state index contributed by atoms with van der Waals surface area (Å²) in [4.78, 5) is 19.3. The number of anilines is 3. The van der Waals surface area contributed by atoms with Crippen LogP contribution in [0.15, 0.2) is 66.9 Å². The van der Waals surface area contributed by atoms with Crippen molar-refractivity contribution in [2.45, 2.75) is 19.4 Å². The Morgan fingerprint density at radius 2 is 1.93 bits per heavy atom. The molecule has 1 aliphatic rings. The molecule has 1 atom stereocenters. The van der Waals surface area contributed by atoms with E-state index in [0.29, 0.717) is 5.69 Å². The first-order valence-corrected chi connectivity index (χ1v) is 8.95. The van der Waals surface area contributed by atoms with Gasteiger partial charge in [-0.1, -0.05) is 30.3 Å². The number of nitrogens with zero attached hydrogens (tertiary/aromatic N) is 2. The first-order valence-electron chi connectivity index (χ1n) is 8.95. The first kappa shape index (κ1) is 17.1. The fourth-order valence-electron chi connectivity index (χ4n) is 3.53. The van der Waals surface area contributed by atoms with Gasteiger partial charge < -0.3 is 15.0 Å². The Bertz CT molecular complexity index is 987. The zero-order valence-corrected chi connectivity index (χ0v) is 15.3. The van der Waals surface area contributed by atoms with E-state index in [0.717, 1.165) is 29.2 Å². The quantitative estimate of drug-likeness (QED) is 0.749. The molecule has 0 fully saturated rings. The Hall–Kier alpha value is -3.34. The molecule has 5 nitrogen and oxygen atoms in total. The molecule has 0 saturated carbocycles. The van der Waals surface area contributed by atoms with Crippen molar-refractivity contribution in [1.82, 2.24) is 4.98 Å². The highest BCUT2D eigenvalue weighted by molar-refractivity contribution is 6.07. The maximum absolute atomic E-state index is 13.2. The molecular weight excluding hydrogens is 338 g/mol. The molecule has 2 heterocycles. The van der Waals surface area contributed by atoms with Crippen molar-refractivity contribution >= 4 is 23.0 Å². The minimum absolute atomic E-state index is 0.0869. The molecule has 1 unspecified atom stereocenters. The third kappa shape index (κ3) is 3.24. The van der Waals surface area contributed by atoms with Crippen LogP contribution >= 0.6 is 0 Å². The van der Waals surface area contributed by atoms with Gasteiger partial charge in [0.2, 0.25) is 0 Å². The number of nitrogens with one attached hydrogen (secondary N) is 1. The lowest BCUT2D eigenvalue weighted by atomic mass is 10.1. The van der Waals surface area contributed by atoms with Gasteiger partial charge in [0.1, 0.15) is 11.4 Å². The number of hydrogen-bond acceptors (Lipinski definition) is 4. The standard InChI is InChI=1S/C22H21N3O2/c1-15-13-16-7-3-5-9-20(16)25(15)22(26)19-14-17(11-12-23-19)24-18-8-4-6-10-21(18)27-2/h3-12,14-15H,13H2,1-2H3,(H,23,24). The number of pyridine rings is 1. The Balaban J connectivity index is 1.62. The van der Waals surface area contributed by atoms with Gasteiger partial charge in [0.05, 0.1) is 12.8 Å². The smallest absolute Gasteiger partial charge is 0.277 e. The van der Waals surface area contributed by atoms with Crippen LogP contribution in [0.4, 0.5) is 17.1 Å². The second kappa shape index (κ2) is 7.11. The second-order valence-electron chi connectivity index (χ2n) is 6.61. The fourth-order valence-corrected chi connectivity index (χ4v) is 3.53. The molecule has 0 spiro atoms. The third-order valence-corrected chi connectivity index (χ3v) is 4.79. The zero-order valence-electron chi connectivity index (χ0n) is 15.3. The van der Waals surface area contributed by atoms with Crippen molar-refractivity contribution in [3.05, 3.63) is 78.1 Å². The maximum Gasteiger partial charge on any atom is 0.277 e. The molecule has 1 N–H and O–H groups in total. The Labute approximate surface area is 158 Å². The summed E-state index contributed by atoms with van der Waals surface area (Å²) in [6.07, 6.45) is 2.51. The van der Waals surface area contributed by atoms with Crippen LogP contribution in [0, 0.1) is 0 Å². The topological polar surface area (TPSA) is 54.5 Å². The Kier molecular flexibility index (Phi) is 4.50. The van der Waals surface area contributed by atoms with E-state index in [1.807, 2.05) is 53.4 Å². The molecule has 136 valence electrons. The van der Waals surface area contributed by atoms with Gasteiger partial charge in [-0.05, 0) is 49.2 Å². The van der Waals surface area contributed by atoms with Crippen molar-refractivity contribution in [1.29, 1.82) is 0 Å². The molecule has 1 amide bonds. The normalized spacial score (nSPS) is 15.3. The van der Waals surface area contributed by atoms with Gasteiger partial charge in [-0.3, -0.25) is 9.78 Å². The molecule has 27 heavy (non-hydrogen) atoms. The summed E-state index contributed by atoms with van der Waals surface area (Å²) in [5, 5.41) is 3.30.